The minimum atomic E-state index is -4.26. The third-order valence-electron chi connectivity index (χ3n) is 5.68. The Bertz CT molecular complexity index is 981. The average Bonchev–Trinajstić information content (AvgIpc) is 2.69. The monoisotopic (exact) mass is 464 g/mol. The zero-order valence-electron chi connectivity index (χ0n) is 17.2. The third kappa shape index (κ3) is 4.85. The lowest BCUT2D eigenvalue weighted by Gasteiger charge is -2.37. The fourth-order valence-electron chi connectivity index (χ4n) is 4.16. The molecular weight excluding hydrogens is 442 g/mol. The second-order valence-corrected chi connectivity index (χ2v) is 8.14. The van der Waals surface area contributed by atoms with Gasteiger partial charge in [-0.2, -0.15) is 18.2 Å². The number of alkyl halides is 3. The summed E-state index contributed by atoms with van der Waals surface area (Å²) in [4.78, 5) is 10.3. The average molecular weight is 464 g/mol. The molecule has 1 atom stereocenters. The maximum atomic E-state index is 14.6. The van der Waals surface area contributed by atoms with Crippen LogP contribution in [0.2, 0.25) is 0 Å². The summed E-state index contributed by atoms with van der Waals surface area (Å²) in [6.45, 7) is 1.45. The number of halogens is 6. The van der Waals surface area contributed by atoms with Crippen LogP contribution in [0.25, 0.3) is 10.9 Å². The molecule has 1 aliphatic carbocycles. The van der Waals surface area contributed by atoms with Gasteiger partial charge >= 0.3 is 6.18 Å². The summed E-state index contributed by atoms with van der Waals surface area (Å²) in [5, 5.41) is 2.57. The van der Waals surface area contributed by atoms with E-state index in [2.05, 4.69) is 15.3 Å². The molecule has 2 aliphatic rings. The molecule has 4 rings (SSSR count). The van der Waals surface area contributed by atoms with Gasteiger partial charge in [0, 0.05) is 38.7 Å². The van der Waals surface area contributed by atoms with Gasteiger partial charge in [0.05, 0.1) is 30.2 Å². The number of rotatable bonds is 6. The number of benzene rings is 1. The Kier molecular flexibility index (Phi) is 6.35. The van der Waals surface area contributed by atoms with Crippen molar-refractivity contribution in [3.8, 4) is 0 Å². The standard InChI is InChI=1S/C20H22F6N4O2/c1-31-9-12-8-30(2-3-32-12)19-28-14-6-13(21)16(22)17(23)15(14)18(29-19)27-11-4-10(5-11)7-20(24,25)26/h6,10-12H,2-5,7-9H2,1H3,(H,27,28,29)/t10?,11?,12-/m1/s1. The van der Waals surface area contributed by atoms with E-state index in [0.29, 0.717) is 26.3 Å². The lowest BCUT2D eigenvalue weighted by atomic mass is 9.78. The molecular formula is C20H22F6N4O2. The summed E-state index contributed by atoms with van der Waals surface area (Å²) < 4.78 is 90.8. The number of hydrogen-bond donors (Lipinski definition) is 1. The zero-order valence-corrected chi connectivity index (χ0v) is 17.2. The van der Waals surface area contributed by atoms with Crippen molar-refractivity contribution >= 4 is 22.7 Å². The molecule has 6 nitrogen and oxygen atoms in total. The van der Waals surface area contributed by atoms with Crippen LogP contribution in [0, 0.1) is 23.4 Å². The molecule has 1 aromatic heterocycles. The van der Waals surface area contributed by atoms with Crippen LogP contribution in [0.15, 0.2) is 6.07 Å². The predicted octanol–water partition coefficient (Wildman–Crippen LogP) is 4.04. The lowest BCUT2D eigenvalue weighted by Crippen LogP contribution is -2.45. The Morgan fingerprint density at radius 1 is 1.19 bits per heavy atom. The molecule has 0 unspecified atom stereocenters. The number of ether oxygens (including phenoxy) is 2. The van der Waals surface area contributed by atoms with Crippen LogP contribution in [-0.4, -0.2) is 61.7 Å². The van der Waals surface area contributed by atoms with Crippen LogP contribution < -0.4 is 10.2 Å². The Balaban J connectivity index is 1.63. The number of morpholine rings is 1. The van der Waals surface area contributed by atoms with Gasteiger partial charge < -0.3 is 19.7 Å². The van der Waals surface area contributed by atoms with Crippen molar-refractivity contribution < 1.29 is 35.8 Å². The quantitative estimate of drug-likeness (QED) is 0.515. The lowest BCUT2D eigenvalue weighted by molar-refractivity contribution is -0.150. The number of fused-ring (bicyclic) bond motifs is 1. The summed E-state index contributed by atoms with van der Waals surface area (Å²) >= 11 is 0. The molecule has 0 bridgehead atoms. The fraction of sp³-hybridized carbons (Fsp3) is 0.600. The van der Waals surface area contributed by atoms with Crippen LogP contribution in [-0.2, 0) is 9.47 Å². The van der Waals surface area contributed by atoms with E-state index in [-0.39, 0.29) is 41.6 Å². The number of hydrogen-bond acceptors (Lipinski definition) is 6. The Labute approximate surface area is 179 Å². The molecule has 0 spiro atoms. The van der Waals surface area contributed by atoms with Gasteiger partial charge in [-0.15, -0.1) is 0 Å². The van der Waals surface area contributed by atoms with Crippen LogP contribution in [0.1, 0.15) is 19.3 Å². The van der Waals surface area contributed by atoms with Crippen molar-refractivity contribution in [3.05, 3.63) is 23.5 Å². The first-order valence-electron chi connectivity index (χ1n) is 10.2. The largest absolute Gasteiger partial charge is 0.389 e. The smallest absolute Gasteiger partial charge is 0.382 e. The Morgan fingerprint density at radius 2 is 1.94 bits per heavy atom. The second kappa shape index (κ2) is 8.89. The van der Waals surface area contributed by atoms with Crippen molar-refractivity contribution in [1.82, 2.24) is 9.97 Å². The number of methoxy groups -OCH3 is 1. The van der Waals surface area contributed by atoms with E-state index in [0.717, 1.165) is 6.07 Å². The summed E-state index contributed by atoms with van der Waals surface area (Å²) in [6.07, 6.45) is -5.00. The van der Waals surface area contributed by atoms with Crippen molar-refractivity contribution in [3.63, 3.8) is 0 Å². The van der Waals surface area contributed by atoms with E-state index in [1.54, 1.807) is 4.90 Å². The van der Waals surface area contributed by atoms with Gasteiger partial charge in [-0.05, 0) is 18.8 Å². The molecule has 2 heterocycles. The van der Waals surface area contributed by atoms with E-state index in [9.17, 15) is 26.3 Å². The van der Waals surface area contributed by atoms with Gasteiger partial charge in [-0.3, -0.25) is 0 Å². The molecule has 0 radical (unpaired) electrons. The van der Waals surface area contributed by atoms with Crippen molar-refractivity contribution in [2.75, 3.05) is 43.6 Å². The number of aromatic nitrogens is 2. The SMILES string of the molecule is COC[C@H]1CN(c2nc(NC3CC(CC(F)(F)F)C3)c3c(F)c(F)c(F)cc3n2)CCO1. The van der Waals surface area contributed by atoms with Crippen LogP contribution in [0.5, 0.6) is 0 Å². The first kappa shape index (κ1) is 22.8. The molecule has 1 aromatic carbocycles. The molecule has 1 saturated carbocycles. The highest BCUT2D eigenvalue weighted by atomic mass is 19.4. The molecule has 176 valence electrons. The van der Waals surface area contributed by atoms with E-state index >= 15 is 0 Å². The van der Waals surface area contributed by atoms with E-state index < -0.39 is 42.0 Å². The summed E-state index contributed by atoms with van der Waals surface area (Å²) in [5.74, 6) is -4.97. The van der Waals surface area contributed by atoms with Crippen LogP contribution in [0.3, 0.4) is 0 Å². The minimum Gasteiger partial charge on any atom is -0.382 e. The van der Waals surface area contributed by atoms with Crippen molar-refractivity contribution in [2.45, 2.75) is 37.6 Å². The number of nitrogens with zero attached hydrogens (tertiary/aromatic N) is 3. The summed E-state index contributed by atoms with van der Waals surface area (Å²) in [5.41, 5.74) is -0.144. The molecule has 1 saturated heterocycles. The maximum absolute atomic E-state index is 14.6. The first-order chi connectivity index (χ1) is 15.1. The van der Waals surface area contributed by atoms with Crippen LogP contribution >= 0.6 is 0 Å². The summed E-state index contributed by atoms with van der Waals surface area (Å²) in [7, 11) is 1.53. The zero-order chi connectivity index (χ0) is 23.0. The van der Waals surface area contributed by atoms with E-state index in [1.165, 1.54) is 7.11 Å². The fourth-order valence-corrected chi connectivity index (χ4v) is 4.16. The highest BCUT2D eigenvalue weighted by molar-refractivity contribution is 5.91. The van der Waals surface area contributed by atoms with Crippen molar-refractivity contribution in [1.29, 1.82) is 0 Å². The molecule has 1 aliphatic heterocycles. The first-order valence-corrected chi connectivity index (χ1v) is 10.2. The molecule has 0 amide bonds. The maximum Gasteiger partial charge on any atom is 0.389 e. The van der Waals surface area contributed by atoms with Gasteiger partial charge in [0.1, 0.15) is 5.82 Å². The van der Waals surface area contributed by atoms with E-state index in [1.807, 2.05) is 0 Å². The van der Waals surface area contributed by atoms with E-state index in [4.69, 9.17) is 9.47 Å². The topological polar surface area (TPSA) is 59.5 Å². The van der Waals surface area contributed by atoms with Gasteiger partial charge in [-0.1, -0.05) is 0 Å². The molecule has 1 N–H and O–H groups in total. The molecule has 12 heteroatoms. The minimum absolute atomic E-state index is 0.0772. The van der Waals surface area contributed by atoms with Crippen LogP contribution in [0.4, 0.5) is 38.1 Å². The predicted molar refractivity (Wildman–Crippen MR) is 104 cm³/mol. The number of nitrogens with one attached hydrogen (secondary N) is 1. The Hall–Kier alpha value is -2.34. The molecule has 2 fully saturated rings. The van der Waals surface area contributed by atoms with Gasteiger partial charge in [0.2, 0.25) is 5.95 Å². The molecule has 32 heavy (non-hydrogen) atoms. The third-order valence-corrected chi connectivity index (χ3v) is 5.68. The molecule has 2 aromatic rings. The Morgan fingerprint density at radius 3 is 2.62 bits per heavy atom. The van der Waals surface area contributed by atoms with Crippen molar-refractivity contribution in [2.24, 2.45) is 5.92 Å². The second-order valence-electron chi connectivity index (χ2n) is 8.14. The number of anilines is 2. The highest BCUT2D eigenvalue weighted by Crippen LogP contribution is 2.39. The summed E-state index contributed by atoms with van der Waals surface area (Å²) in [6, 6.07) is 0.386. The van der Waals surface area contributed by atoms with Gasteiger partial charge in [-0.25, -0.2) is 18.2 Å². The normalized spacial score (nSPS) is 24.0. The highest BCUT2D eigenvalue weighted by Gasteiger charge is 2.39. The van der Waals surface area contributed by atoms with Gasteiger partial charge in [0.15, 0.2) is 17.5 Å². The van der Waals surface area contributed by atoms with Gasteiger partial charge in [0.25, 0.3) is 0 Å².